The van der Waals surface area contributed by atoms with E-state index >= 15 is 0 Å². The Kier molecular flexibility index (Phi) is 7.14. The number of carbonyl (C=O) groups is 1. The monoisotopic (exact) mass is 552 g/mol. The van der Waals surface area contributed by atoms with Crippen LogP contribution in [0.5, 0.6) is 0 Å². The molecule has 3 heterocycles. The number of aryl methyl sites for hydroxylation is 1. The molecule has 1 atom stereocenters. The highest BCUT2D eigenvalue weighted by atomic mass is 35.5. The first-order valence-corrected chi connectivity index (χ1v) is 13.9. The first-order valence-electron chi connectivity index (χ1n) is 13.1. The number of halogens is 2. The van der Waals surface area contributed by atoms with Gasteiger partial charge in [-0.2, -0.15) is 0 Å². The molecule has 1 aliphatic heterocycles. The van der Waals surface area contributed by atoms with Gasteiger partial charge in [-0.25, -0.2) is 9.97 Å². The molecule has 2 aliphatic rings. The summed E-state index contributed by atoms with van der Waals surface area (Å²) < 4.78 is 7.74. The molecule has 0 saturated carbocycles. The first-order chi connectivity index (χ1) is 18.5. The van der Waals surface area contributed by atoms with Gasteiger partial charge in [0.25, 0.3) is 5.91 Å². The average molecular weight is 553 g/mol. The van der Waals surface area contributed by atoms with E-state index in [-0.39, 0.29) is 11.9 Å². The number of H-pyrrole nitrogens is 1. The Morgan fingerprint density at radius 2 is 1.92 bits per heavy atom. The fourth-order valence-electron chi connectivity index (χ4n) is 5.33. The van der Waals surface area contributed by atoms with Crippen LogP contribution in [-0.4, -0.2) is 56.6 Å². The van der Waals surface area contributed by atoms with Gasteiger partial charge >= 0.3 is 0 Å². The number of hydrogen-bond acceptors (Lipinski definition) is 5. The van der Waals surface area contributed by atoms with Gasteiger partial charge in [-0.3, -0.25) is 14.3 Å². The largest absolute Gasteiger partial charge is 0.379 e. The molecule has 10 heteroatoms. The van der Waals surface area contributed by atoms with Gasteiger partial charge in [0.15, 0.2) is 0 Å². The van der Waals surface area contributed by atoms with Crippen molar-refractivity contribution in [2.75, 3.05) is 26.3 Å². The molecule has 0 spiro atoms. The smallest absolute Gasteiger partial charge is 0.251 e. The van der Waals surface area contributed by atoms with Crippen LogP contribution in [0, 0.1) is 0 Å². The van der Waals surface area contributed by atoms with Gasteiger partial charge in [0.05, 0.1) is 53.2 Å². The molecule has 1 amide bonds. The number of nitrogens with zero attached hydrogens (tertiary/aromatic N) is 4. The Bertz CT molecular complexity index is 1490. The summed E-state index contributed by atoms with van der Waals surface area (Å²) in [5.41, 5.74) is 5.39. The van der Waals surface area contributed by atoms with Crippen molar-refractivity contribution in [3.05, 3.63) is 75.0 Å². The Labute approximate surface area is 231 Å². The SMILES string of the molecule is C[C@H](NC(=O)c1ccc(-n2c(CN3CCOCC3)nc3c2CCCC3)c(Cl)c1)c1nc2ccc(Cl)cc2[nH]1. The Morgan fingerprint density at radius 1 is 1.11 bits per heavy atom. The van der Waals surface area contributed by atoms with Crippen LogP contribution in [0.15, 0.2) is 36.4 Å². The van der Waals surface area contributed by atoms with Crippen molar-refractivity contribution in [3.8, 4) is 5.69 Å². The molecule has 4 aromatic rings. The number of hydrogen-bond donors (Lipinski definition) is 2. The quantitative estimate of drug-likeness (QED) is 0.340. The summed E-state index contributed by atoms with van der Waals surface area (Å²) in [5.74, 6) is 1.44. The highest BCUT2D eigenvalue weighted by molar-refractivity contribution is 6.32. The van der Waals surface area contributed by atoms with Gasteiger partial charge in [-0.15, -0.1) is 0 Å². The number of benzene rings is 2. The Balaban J connectivity index is 1.25. The van der Waals surface area contributed by atoms with Crippen LogP contribution in [0.4, 0.5) is 0 Å². The predicted octanol–water partition coefficient (Wildman–Crippen LogP) is 5.26. The van der Waals surface area contributed by atoms with E-state index in [4.69, 9.17) is 32.9 Å². The number of ether oxygens (including phenoxy) is 1. The molecular weight excluding hydrogens is 523 g/mol. The van der Waals surface area contributed by atoms with E-state index in [0.717, 1.165) is 81.1 Å². The second-order valence-electron chi connectivity index (χ2n) is 10.00. The van der Waals surface area contributed by atoms with Crippen molar-refractivity contribution in [3.63, 3.8) is 0 Å². The van der Waals surface area contributed by atoms with Crippen LogP contribution in [0.25, 0.3) is 16.7 Å². The van der Waals surface area contributed by atoms with Gasteiger partial charge in [0.1, 0.15) is 11.6 Å². The number of aromatic amines is 1. The van der Waals surface area contributed by atoms with Gasteiger partial charge in [-0.05, 0) is 69.0 Å². The third-order valence-corrected chi connectivity index (χ3v) is 7.88. The number of aromatic nitrogens is 4. The van der Waals surface area contributed by atoms with E-state index in [2.05, 4.69) is 24.8 Å². The molecule has 1 saturated heterocycles. The Hall–Kier alpha value is -2.91. The maximum Gasteiger partial charge on any atom is 0.251 e. The molecule has 6 rings (SSSR count). The minimum Gasteiger partial charge on any atom is -0.379 e. The van der Waals surface area contributed by atoms with Crippen molar-refractivity contribution in [1.82, 2.24) is 29.7 Å². The number of amides is 1. The molecule has 8 nitrogen and oxygen atoms in total. The lowest BCUT2D eigenvalue weighted by Gasteiger charge is -2.26. The maximum absolute atomic E-state index is 13.1. The summed E-state index contributed by atoms with van der Waals surface area (Å²) in [6.07, 6.45) is 4.26. The van der Waals surface area contributed by atoms with Crippen molar-refractivity contribution >= 4 is 40.1 Å². The second-order valence-corrected chi connectivity index (χ2v) is 10.8. The predicted molar refractivity (Wildman–Crippen MR) is 148 cm³/mol. The fraction of sp³-hybridized carbons (Fsp3) is 0.393. The van der Waals surface area contributed by atoms with Crippen molar-refractivity contribution in [1.29, 1.82) is 0 Å². The molecule has 1 aliphatic carbocycles. The standard InChI is InChI=1S/C28H30Cl2N6O2/c1-17(27-33-21-8-7-19(29)15-23(21)34-27)31-28(37)18-6-9-24(20(30)14-18)36-25-5-3-2-4-22(25)32-26(36)16-35-10-12-38-13-11-35/h6-9,14-15,17H,2-5,10-13,16H2,1H3,(H,31,37)(H,33,34)/t17-/m0/s1. The molecule has 198 valence electrons. The van der Waals surface area contributed by atoms with Crippen LogP contribution in [0.3, 0.4) is 0 Å². The van der Waals surface area contributed by atoms with Gasteiger partial charge in [-0.1, -0.05) is 23.2 Å². The fourth-order valence-corrected chi connectivity index (χ4v) is 5.77. The van der Waals surface area contributed by atoms with Crippen LogP contribution in [-0.2, 0) is 24.1 Å². The summed E-state index contributed by atoms with van der Waals surface area (Å²) in [6, 6.07) is 10.7. The summed E-state index contributed by atoms with van der Waals surface area (Å²) in [6.45, 7) is 5.90. The minimum atomic E-state index is -0.326. The summed E-state index contributed by atoms with van der Waals surface area (Å²) in [5, 5.41) is 4.18. The van der Waals surface area contributed by atoms with Crippen LogP contribution in [0.2, 0.25) is 10.0 Å². The van der Waals surface area contributed by atoms with Crippen molar-refractivity contribution < 1.29 is 9.53 Å². The first kappa shape index (κ1) is 25.4. The van der Waals surface area contributed by atoms with E-state index < -0.39 is 0 Å². The average Bonchev–Trinajstić information content (AvgIpc) is 3.50. The summed E-state index contributed by atoms with van der Waals surface area (Å²) in [7, 11) is 0. The van der Waals surface area contributed by atoms with E-state index in [0.29, 0.717) is 21.4 Å². The van der Waals surface area contributed by atoms with E-state index in [9.17, 15) is 4.79 Å². The molecule has 2 aromatic heterocycles. The highest BCUT2D eigenvalue weighted by Crippen LogP contribution is 2.31. The van der Waals surface area contributed by atoms with Crippen LogP contribution < -0.4 is 5.32 Å². The maximum atomic E-state index is 13.1. The van der Waals surface area contributed by atoms with Crippen molar-refractivity contribution in [2.45, 2.75) is 45.2 Å². The third-order valence-electron chi connectivity index (χ3n) is 7.34. The van der Waals surface area contributed by atoms with Gasteiger partial charge < -0.3 is 15.0 Å². The number of carbonyl (C=O) groups excluding carboxylic acids is 1. The molecule has 0 bridgehead atoms. The molecule has 0 unspecified atom stereocenters. The zero-order valence-corrected chi connectivity index (χ0v) is 22.8. The molecule has 38 heavy (non-hydrogen) atoms. The van der Waals surface area contributed by atoms with Crippen LogP contribution in [0.1, 0.15) is 59.2 Å². The van der Waals surface area contributed by atoms with Gasteiger partial charge in [0, 0.05) is 29.4 Å². The van der Waals surface area contributed by atoms with E-state index in [1.54, 1.807) is 12.1 Å². The minimum absolute atomic E-state index is 0.217. The molecule has 2 N–H and O–H groups in total. The lowest BCUT2D eigenvalue weighted by atomic mass is 10.0. The molecule has 0 radical (unpaired) electrons. The number of morpholine rings is 1. The van der Waals surface area contributed by atoms with Gasteiger partial charge in [0.2, 0.25) is 0 Å². The third kappa shape index (κ3) is 5.06. The van der Waals surface area contributed by atoms with Crippen LogP contribution >= 0.6 is 23.2 Å². The van der Waals surface area contributed by atoms with E-state index in [1.165, 1.54) is 11.4 Å². The molecule has 1 fully saturated rings. The lowest BCUT2D eigenvalue weighted by molar-refractivity contribution is 0.0328. The molecule has 2 aromatic carbocycles. The number of fused-ring (bicyclic) bond motifs is 2. The van der Waals surface area contributed by atoms with E-state index in [1.807, 2.05) is 31.2 Å². The Morgan fingerprint density at radius 3 is 2.74 bits per heavy atom. The summed E-state index contributed by atoms with van der Waals surface area (Å²) in [4.78, 5) is 28.4. The van der Waals surface area contributed by atoms with Crippen molar-refractivity contribution in [2.24, 2.45) is 0 Å². The highest BCUT2D eigenvalue weighted by Gasteiger charge is 2.25. The number of rotatable bonds is 6. The second kappa shape index (κ2) is 10.7. The lowest BCUT2D eigenvalue weighted by Crippen LogP contribution is -2.36. The normalized spacial score (nSPS) is 16.9. The number of nitrogens with one attached hydrogen (secondary N) is 2. The number of imidazole rings is 2. The zero-order chi connectivity index (χ0) is 26.2. The zero-order valence-electron chi connectivity index (χ0n) is 21.3. The molecular formula is C28H30Cl2N6O2. The topological polar surface area (TPSA) is 88.1 Å². The summed E-state index contributed by atoms with van der Waals surface area (Å²) >= 11 is 12.9.